The van der Waals surface area contributed by atoms with Crippen LogP contribution in [-0.4, -0.2) is 35.8 Å². The molecular weight excluding hydrogens is 222 g/mol. The Morgan fingerprint density at radius 1 is 1.18 bits per heavy atom. The zero-order chi connectivity index (χ0) is 11.8. The molecule has 3 rings (SSSR count). The van der Waals surface area contributed by atoms with Gasteiger partial charge >= 0.3 is 0 Å². The van der Waals surface area contributed by atoms with E-state index >= 15 is 0 Å². The van der Waals surface area contributed by atoms with Gasteiger partial charge < -0.3 is 19.5 Å². The summed E-state index contributed by atoms with van der Waals surface area (Å²) in [6, 6.07) is 2.99. The summed E-state index contributed by atoms with van der Waals surface area (Å²) in [4.78, 5) is 13.9. The number of nitrogens with zero attached hydrogens (tertiary/aromatic N) is 1. The molecule has 0 spiro atoms. The van der Waals surface area contributed by atoms with E-state index in [9.17, 15) is 9.90 Å². The lowest BCUT2D eigenvalue weighted by Gasteiger charge is -2.16. The van der Waals surface area contributed by atoms with Crippen molar-refractivity contribution >= 4 is 5.91 Å². The van der Waals surface area contributed by atoms with Gasteiger partial charge in [0.25, 0.3) is 5.91 Å². The normalized spacial score (nSPS) is 17.5. The monoisotopic (exact) mass is 235 g/mol. The molecule has 0 radical (unpaired) electrons. The number of likely N-dealkylation sites (tertiary alicyclic amines) is 1. The molecule has 0 bridgehead atoms. The van der Waals surface area contributed by atoms with Crippen molar-refractivity contribution in [1.82, 2.24) is 4.90 Å². The summed E-state index contributed by atoms with van der Waals surface area (Å²) >= 11 is 0. The predicted octanol–water partition coefficient (Wildman–Crippen LogP) is 1.36. The van der Waals surface area contributed by atoms with Gasteiger partial charge in [0.2, 0.25) is 6.79 Å². The van der Waals surface area contributed by atoms with E-state index in [1.807, 2.05) is 0 Å². The molecule has 1 aromatic carbocycles. The van der Waals surface area contributed by atoms with Gasteiger partial charge in [-0.05, 0) is 12.8 Å². The maximum atomic E-state index is 12.1. The van der Waals surface area contributed by atoms with E-state index in [4.69, 9.17) is 9.47 Å². The molecule has 17 heavy (non-hydrogen) atoms. The van der Waals surface area contributed by atoms with Crippen molar-refractivity contribution in [2.45, 2.75) is 12.8 Å². The Balaban J connectivity index is 1.94. The van der Waals surface area contributed by atoms with Crippen LogP contribution in [0.1, 0.15) is 23.2 Å². The highest BCUT2D eigenvalue weighted by Crippen LogP contribution is 2.38. The number of benzene rings is 1. The van der Waals surface area contributed by atoms with Crippen LogP contribution in [0.15, 0.2) is 12.1 Å². The van der Waals surface area contributed by atoms with Crippen molar-refractivity contribution in [2.75, 3.05) is 19.9 Å². The van der Waals surface area contributed by atoms with Crippen molar-refractivity contribution in [1.29, 1.82) is 0 Å². The van der Waals surface area contributed by atoms with E-state index in [2.05, 4.69) is 0 Å². The number of amides is 1. The first-order valence-electron chi connectivity index (χ1n) is 5.67. The van der Waals surface area contributed by atoms with Crippen molar-refractivity contribution in [3.05, 3.63) is 17.7 Å². The number of hydrogen-bond acceptors (Lipinski definition) is 4. The highest BCUT2D eigenvalue weighted by molar-refractivity contribution is 5.97. The SMILES string of the molecule is O=C(c1cc2c(cc1O)OCO2)N1CCCC1. The van der Waals surface area contributed by atoms with Crippen LogP contribution in [-0.2, 0) is 0 Å². The summed E-state index contributed by atoms with van der Waals surface area (Å²) in [7, 11) is 0. The molecule has 0 aliphatic carbocycles. The number of carbonyl (C=O) groups excluding carboxylic acids is 1. The van der Waals surface area contributed by atoms with Crippen LogP contribution < -0.4 is 9.47 Å². The van der Waals surface area contributed by atoms with E-state index in [1.54, 1.807) is 11.0 Å². The first-order chi connectivity index (χ1) is 8.25. The Morgan fingerprint density at radius 3 is 2.53 bits per heavy atom. The standard InChI is InChI=1S/C12H13NO4/c14-9-6-11-10(16-7-17-11)5-8(9)12(15)13-3-1-2-4-13/h5-6,14H,1-4,7H2. The van der Waals surface area contributed by atoms with E-state index in [-0.39, 0.29) is 24.0 Å². The molecule has 5 nitrogen and oxygen atoms in total. The summed E-state index contributed by atoms with van der Waals surface area (Å²) in [6.45, 7) is 1.65. The number of phenols is 1. The summed E-state index contributed by atoms with van der Waals surface area (Å²) in [5.74, 6) is 0.815. The maximum Gasteiger partial charge on any atom is 0.257 e. The summed E-state index contributed by atoms with van der Waals surface area (Å²) in [6.07, 6.45) is 2.05. The molecule has 0 aromatic heterocycles. The molecule has 2 heterocycles. The predicted molar refractivity (Wildman–Crippen MR) is 59.4 cm³/mol. The van der Waals surface area contributed by atoms with Gasteiger partial charge in [-0.3, -0.25) is 4.79 Å². The van der Waals surface area contributed by atoms with Crippen LogP contribution in [0.4, 0.5) is 0 Å². The largest absolute Gasteiger partial charge is 0.507 e. The minimum Gasteiger partial charge on any atom is -0.507 e. The second-order valence-corrected chi connectivity index (χ2v) is 4.22. The fourth-order valence-corrected chi connectivity index (χ4v) is 2.19. The lowest BCUT2D eigenvalue weighted by molar-refractivity contribution is 0.0789. The molecule has 1 amide bonds. The van der Waals surface area contributed by atoms with Gasteiger partial charge in [0.15, 0.2) is 11.5 Å². The minimum absolute atomic E-state index is 0.0499. The smallest absolute Gasteiger partial charge is 0.257 e. The number of fused-ring (bicyclic) bond motifs is 1. The number of rotatable bonds is 1. The highest BCUT2D eigenvalue weighted by Gasteiger charge is 2.25. The Morgan fingerprint density at radius 2 is 1.82 bits per heavy atom. The molecule has 0 unspecified atom stereocenters. The van der Waals surface area contributed by atoms with Gasteiger partial charge in [0, 0.05) is 25.2 Å². The Hall–Kier alpha value is -1.91. The van der Waals surface area contributed by atoms with Crippen LogP contribution in [0.5, 0.6) is 17.2 Å². The van der Waals surface area contributed by atoms with Crippen LogP contribution in [0.2, 0.25) is 0 Å². The lowest BCUT2D eigenvalue weighted by atomic mass is 10.1. The fourth-order valence-electron chi connectivity index (χ4n) is 2.19. The third-order valence-electron chi connectivity index (χ3n) is 3.11. The molecule has 2 aliphatic rings. The van der Waals surface area contributed by atoms with E-state index in [1.165, 1.54) is 6.07 Å². The average Bonchev–Trinajstić information content (AvgIpc) is 2.97. The van der Waals surface area contributed by atoms with Crippen LogP contribution in [0.3, 0.4) is 0 Å². The number of phenolic OH excluding ortho intramolecular Hbond substituents is 1. The van der Waals surface area contributed by atoms with E-state index < -0.39 is 0 Å². The molecule has 2 aliphatic heterocycles. The molecule has 0 atom stereocenters. The van der Waals surface area contributed by atoms with E-state index in [0.29, 0.717) is 11.5 Å². The van der Waals surface area contributed by atoms with Crippen LogP contribution in [0, 0.1) is 0 Å². The first-order valence-corrected chi connectivity index (χ1v) is 5.67. The molecule has 90 valence electrons. The second kappa shape index (κ2) is 3.84. The van der Waals surface area contributed by atoms with Crippen LogP contribution in [0.25, 0.3) is 0 Å². The third-order valence-corrected chi connectivity index (χ3v) is 3.11. The molecule has 0 saturated carbocycles. The quantitative estimate of drug-likeness (QED) is 0.798. The summed E-state index contributed by atoms with van der Waals surface area (Å²) < 4.78 is 10.3. The van der Waals surface area contributed by atoms with Crippen molar-refractivity contribution in [2.24, 2.45) is 0 Å². The maximum absolute atomic E-state index is 12.1. The molecule has 5 heteroatoms. The van der Waals surface area contributed by atoms with Crippen LogP contribution >= 0.6 is 0 Å². The van der Waals surface area contributed by atoms with Gasteiger partial charge in [-0.25, -0.2) is 0 Å². The van der Waals surface area contributed by atoms with Crippen molar-refractivity contribution in [3.63, 3.8) is 0 Å². The summed E-state index contributed by atoms with van der Waals surface area (Å²) in [5.41, 5.74) is 0.288. The highest BCUT2D eigenvalue weighted by atomic mass is 16.7. The minimum atomic E-state index is -0.140. The number of ether oxygens (including phenoxy) is 2. The number of carbonyl (C=O) groups is 1. The van der Waals surface area contributed by atoms with E-state index in [0.717, 1.165) is 25.9 Å². The van der Waals surface area contributed by atoms with Gasteiger partial charge in [0.1, 0.15) is 5.75 Å². The molecular formula is C12H13NO4. The van der Waals surface area contributed by atoms with Gasteiger partial charge in [-0.15, -0.1) is 0 Å². The molecule has 1 saturated heterocycles. The third kappa shape index (κ3) is 1.67. The van der Waals surface area contributed by atoms with Crippen molar-refractivity contribution < 1.29 is 19.4 Å². The van der Waals surface area contributed by atoms with Gasteiger partial charge in [-0.2, -0.15) is 0 Å². The Labute approximate surface area is 98.6 Å². The lowest BCUT2D eigenvalue weighted by Crippen LogP contribution is -2.27. The van der Waals surface area contributed by atoms with Gasteiger partial charge in [0.05, 0.1) is 5.56 Å². The fraction of sp³-hybridized carbons (Fsp3) is 0.417. The zero-order valence-electron chi connectivity index (χ0n) is 9.31. The molecule has 1 fully saturated rings. The topological polar surface area (TPSA) is 59.0 Å². The Bertz CT molecular complexity index is 466. The molecule has 1 aromatic rings. The number of hydrogen-bond donors (Lipinski definition) is 1. The number of aromatic hydroxyl groups is 1. The van der Waals surface area contributed by atoms with Gasteiger partial charge in [-0.1, -0.05) is 0 Å². The Kier molecular flexibility index (Phi) is 2.31. The average molecular weight is 235 g/mol. The first kappa shape index (κ1) is 10.3. The second-order valence-electron chi connectivity index (χ2n) is 4.22. The zero-order valence-corrected chi connectivity index (χ0v) is 9.31. The summed E-state index contributed by atoms with van der Waals surface area (Å²) in [5, 5.41) is 9.82. The molecule has 1 N–H and O–H groups in total. The van der Waals surface area contributed by atoms with Crippen molar-refractivity contribution in [3.8, 4) is 17.2 Å².